The molecule has 0 radical (unpaired) electrons. The molecular weight excluding hydrogens is 1040 g/mol. The van der Waals surface area contributed by atoms with E-state index in [4.69, 9.17) is 22.1 Å². The number of phenolic OH excluding ortho intramolecular Hbond substituents is 1. The monoisotopic (exact) mass is 1110 g/mol. The van der Waals surface area contributed by atoms with Crippen LogP contribution in [0.1, 0.15) is 44.4 Å². The topological polar surface area (TPSA) is 85.9 Å². The molecule has 0 fully saturated rings. The number of benzene rings is 12. The highest BCUT2D eigenvalue weighted by Crippen LogP contribution is 2.44. The third-order valence-electron chi connectivity index (χ3n) is 15.9. The zero-order valence-electron chi connectivity index (χ0n) is 48.6. The van der Waals surface area contributed by atoms with Gasteiger partial charge in [0.1, 0.15) is 61.6 Å². The van der Waals surface area contributed by atoms with Crippen LogP contribution in [-0.4, -0.2) is 5.11 Å². The van der Waals surface area contributed by atoms with Crippen molar-refractivity contribution in [1.82, 2.24) is 0 Å². The lowest BCUT2D eigenvalue weighted by Crippen LogP contribution is -1.82. The fourth-order valence-corrected chi connectivity index (χ4v) is 11.9. The lowest BCUT2D eigenvalue weighted by molar-refractivity contribution is 0.477. The van der Waals surface area contributed by atoms with E-state index in [2.05, 4.69) is 178 Å². The summed E-state index contributed by atoms with van der Waals surface area (Å²) in [6, 6.07) is 82.5. The highest BCUT2D eigenvalue weighted by molar-refractivity contribution is 6.17. The fraction of sp³-hybridized carbons (Fsp3) is 0.0886. The van der Waals surface area contributed by atoms with Crippen molar-refractivity contribution in [2.75, 3.05) is 0 Å². The van der Waals surface area contributed by atoms with Crippen molar-refractivity contribution in [2.24, 2.45) is 0 Å². The second-order valence-corrected chi connectivity index (χ2v) is 20.9. The Bertz CT molecular complexity index is 5080. The number of aromatic hydroxyl groups is 1. The van der Waals surface area contributed by atoms with E-state index in [9.17, 15) is 5.11 Å². The number of para-hydroxylation sites is 9. The molecule has 12 aromatic carbocycles. The summed E-state index contributed by atoms with van der Waals surface area (Å²) in [6.07, 6.45) is 0. The Hall–Kier alpha value is -10.6. The van der Waals surface area contributed by atoms with Gasteiger partial charge in [0.05, 0.1) is 0 Å². The van der Waals surface area contributed by atoms with Crippen LogP contribution in [0.4, 0.5) is 0 Å². The predicted molar refractivity (Wildman–Crippen MR) is 356 cm³/mol. The maximum absolute atomic E-state index is 10.2. The molecule has 414 valence electrons. The van der Waals surface area contributed by atoms with Crippen LogP contribution in [0.5, 0.6) is 5.75 Å². The van der Waals surface area contributed by atoms with Crippen molar-refractivity contribution in [3.63, 3.8) is 0 Å². The van der Waals surface area contributed by atoms with Gasteiger partial charge in [-0.05, 0) is 97.1 Å². The Morgan fingerprint density at radius 2 is 0.588 bits per heavy atom. The number of fused-ring (bicyclic) bond motifs is 15. The largest absolute Gasteiger partial charge is 0.507 e. The minimum atomic E-state index is 0.293. The Morgan fingerprint density at radius 1 is 0.235 bits per heavy atom. The summed E-state index contributed by atoms with van der Waals surface area (Å²) < 4.78 is 31.2. The van der Waals surface area contributed by atoms with Gasteiger partial charge in [0.2, 0.25) is 0 Å². The molecule has 0 amide bonds. The average molecular weight is 1110 g/mol. The van der Waals surface area contributed by atoms with Crippen molar-refractivity contribution in [3.05, 3.63) is 259 Å². The quantitative estimate of drug-likeness (QED) is 0.189. The van der Waals surface area contributed by atoms with Gasteiger partial charge in [-0.25, -0.2) is 0 Å². The Balaban J connectivity index is 0.000000115. The lowest BCUT2D eigenvalue weighted by Gasteiger charge is -2.08. The van der Waals surface area contributed by atoms with Crippen LogP contribution >= 0.6 is 0 Å². The minimum Gasteiger partial charge on any atom is -0.507 e. The second-order valence-electron chi connectivity index (χ2n) is 20.9. The van der Waals surface area contributed by atoms with Crippen molar-refractivity contribution in [1.29, 1.82) is 0 Å². The van der Waals surface area contributed by atoms with Gasteiger partial charge in [-0.3, -0.25) is 0 Å². The molecule has 6 nitrogen and oxygen atoms in total. The van der Waals surface area contributed by atoms with Crippen molar-refractivity contribution in [3.8, 4) is 50.3 Å². The molecule has 5 heterocycles. The number of hydrogen-bond acceptors (Lipinski definition) is 6. The summed E-state index contributed by atoms with van der Waals surface area (Å²) in [5, 5.41) is 21.6. The van der Waals surface area contributed by atoms with Crippen molar-refractivity contribution in [2.45, 2.75) is 48.5 Å². The lowest BCUT2D eigenvalue weighted by atomic mass is 9.97. The van der Waals surface area contributed by atoms with Crippen LogP contribution in [0.25, 0.3) is 154 Å². The van der Waals surface area contributed by atoms with Crippen LogP contribution in [0.15, 0.2) is 265 Å². The summed E-state index contributed by atoms with van der Waals surface area (Å²) in [6.45, 7) is 14.3. The summed E-state index contributed by atoms with van der Waals surface area (Å²) >= 11 is 0. The summed E-state index contributed by atoms with van der Waals surface area (Å²) in [4.78, 5) is 0. The van der Waals surface area contributed by atoms with Gasteiger partial charge in [0.15, 0.2) is 0 Å². The van der Waals surface area contributed by atoms with E-state index in [1.54, 1.807) is 6.07 Å². The molecule has 0 aliphatic heterocycles. The Kier molecular flexibility index (Phi) is 14.3. The molecule has 85 heavy (non-hydrogen) atoms. The van der Waals surface area contributed by atoms with Crippen LogP contribution in [0.2, 0.25) is 0 Å². The first-order chi connectivity index (χ1) is 41.8. The van der Waals surface area contributed by atoms with Crippen LogP contribution in [0, 0.1) is 20.8 Å². The van der Waals surface area contributed by atoms with Crippen molar-refractivity contribution < 1.29 is 27.2 Å². The zero-order chi connectivity index (χ0) is 58.3. The maximum atomic E-state index is 10.2. The van der Waals surface area contributed by atoms with Gasteiger partial charge in [-0.1, -0.05) is 227 Å². The van der Waals surface area contributed by atoms with E-state index in [0.29, 0.717) is 5.75 Å². The first-order valence-electron chi connectivity index (χ1n) is 29.3. The highest BCUT2D eigenvalue weighted by Gasteiger charge is 2.20. The van der Waals surface area contributed by atoms with E-state index < -0.39 is 0 Å². The summed E-state index contributed by atoms with van der Waals surface area (Å²) in [7, 11) is 0. The van der Waals surface area contributed by atoms with E-state index in [1.165, 1.54) is 5.56 Å². The zero-order valence-corrected chi connectivity index (χ0v) is 48.6. The molecule has 0 spiro atoms. The predicted octanol–water partition coefficient (Wildman–Crippen LogP) is 23.9. The highest BCUT2D eigenvalue weighted by atomic mass is 16.3. The van der Waals surface area contributed by atoms with Crippen LogP contribution in [-0.2, 0) is 0 Å². The van der Waals surface area contributed by atoms with Crippen LogP contribution < -0.4 is 0 Å². The molecular formula is C79H62O6. The van der Waals surface area contributed by atoms with Gasteiger partial charge in [0.25, 0.3) is 0 Å². The minimum absolute atomic E-state index is 0.293. The third-order valence-corrected chi connectivity index (χ3v) is 15.9. The SMILES string of the molecule is CC.CC.Cc1ccc2oc3ccc(-c4cccc(-c5ccccc5O)c4)cc3c2c1.Cc1cccc2c1oc1c(-c3cccc4c3oc3ccccc34)cccc12.Cc1cccc2c1oc1c(-c3cccc4c3oc3ccccc34)cccc12. The van der Waals surface area contributed by atoms with E-state index in [0.717, 1.165) is 165 Å². The van der Waals surface area contributed by atoms with Gasteiger partial charge in [-0.2, -0.15) is 0 Å². The number of rotatable bonds is 4. The molecule has 0 atom stereocenters. The smallest absolute Gasteiger partial charge is 0.143 e. The molecule has 6 heteroatoms. The molecule has 0 unspecified atom stereocenters. The molecule has 0 saturated carbocycles. The number of hydrogen-bond donors (Lipinski definition) is 1. The maximum Gasteiger partial charge on any atom is 0.143 e. The fourth-order valence-electron chi connectivity index (χ4n) is 11.9. The molecule has 0 saturated heterocycles. The molecule has 0 aliphatic carbocycles. The van der Waals surface area contributed by atoms with Crippen LogP contribution in [0.3, 0.4) is 0 Å². The first-order valence-corrected chi connectivity index (χ1v) is 29.3. The second kappa shape index (κ2) is 22.6. The Labute approximate surface area is 492 Å². The van der Waals surface area contributed by atoms with Gasteiger partial charge in [0, 0.05) is 81.7 Å². The van der Waals surface area contributed by atoms with Crippen molar-refractivity contribution >= 4 is 110 Å². The van der Waals surface area contributed by atoms with E-state index in [1.807, 2.05) is 107 Å². The van der Waals surface area contributed by atoms with E-state index >= 15 is 0 Å². The molecule has 0 aliphatic rings. The normalized spacial score (nSPS) is 11.3. The Morgan fingerprint density at radius 3 is 1.11 bits per heavy atom. The standard InChI is InChI=1S/2C25H16O2.C25H18O2.2C2H6/c2*1-15-7-4-9-18-19-11-6-13-21(25(19)27-23(15)18)20-12-5-10-17-16-8-2-3-14-22(16)26-24(17)20;1-16-9-11-24-21(13-16)22-15-18(10-12-25(22)27-24)17-5-4-6-19(14-17)20-7-2-3-8-23(20)26;2*1-2/h2*2-14H,1H3;2-15,26H,1H3;2*1-2H3. The summed E-state index contributed by atoms with van der Waals surface area (Å²) in [5.41, 5.74) is 21.0. The summed E-state index contributed by atoms with van der Waals surface area (Å²) in [5.74, 6) is 0.293. The molecule has 1 N–H and O–H groups in total. The van der Waals surface area contributed by atoms with Gasteiger partial charge >= 0.3 is 0 Å². The number of aryl methyl sites for hydroxylation is 3. The molecule has 17 aromatic rings. The number of furan rings is 5. The molecule has 0 bridgehead atoms. The number of phenols is 1. The first kappa shape index (κ1) is 53.7. The molecule has 17 rings (SSSR count). The molecule has 5 aromatic heterocycles. The average Bonchev–Trinajstić information content (AvgIpc) is 2.68. The van der Waals surface area contributed by atoms with Gasteiger partial charge in [-0.15, -0.1) is 0 Å². The third kappa shape index (κ3) is 9.52. The van der Waals surface area contributed by atoms with E-state index in [-0.39, 0.29) is 0 Å². The van der Waals surface area contributed by atoms with Gasteiger partial charge < -0.3 is 27.2 Å².